The topological polar surface area (TPSA) is 32.3 Å². The molecule has 4 aliphatic carbocycles. The average molecular weight is 313 g/mol. The molecule has 5 fully saturated rings. The Morgan fingerprint density at radius 1 is 1.10 bits per heavy atom. The lowest BCUT2D eigenvalue weighted by atomic mass is 9.49. The number of nitrogens with one attached hydrogen (secondary N) is 1. The van der Waals surface area contributed by atoms with E-state index in [1.807, 2.05) is 7.05 Å². The fourth-order valence-corrected chi connectivity index (χ4v) is 6.11. The molecule has 0 aromatic rings. The Bertz CT molecular complexity index is 376. The maximum Gasteiger partial charge on any atom is 0.228 e. The van der Waals surface area contributed by atoms with Crippen LogP contribution in [0, 0.1) is 23.2 Å². The van der Waals surface area contributed by atoms with E-state index in [-0.39, 0.29) is 17.8 Å². The van der Waals surface area contributed by atoms with E-state index in [1.54, 1.807) is 0 Å². The third-order valence-electron chi connectivity index (χ3n) is 6.61. The Morgan fingerprint density at radius 2 is 1.67 bits per heavy atom. The summed E-state index contributed by atoms with van der Waals surface area (Å²) < 4.78 is 0. The van der Waals surface area contributed by atoms with E-state index < -0.39 is 0 Å². The number of nitrogens with zero attached hydrogens (tertiary/aromatic N) is 1. The van der Waals surface area contributed by atoms with Crippen LogP contribution in [0.3, 0.4) is 0 Å². The second-order valence-electron chi connectivity index (χ2n) is 8.08. The van der Waals surface area contributed by atoms with Crippen molar-refractivity contribution in [2.75, 3.05) is 20.1 Å². The van der Waals surface area contributed by atoms with Crippen LogP contribution in [0.2, 0.25) is 0 Å². The molecule has 120 valence electrons. The van der Waals surface area contributed by atoms with Gasteiger partial charge in [-0.15, -0.1) is 12.4 Å². The van der Waals surface area contributed by atoms with Crippen LogP contribution in [0.1, 0.15) is 51.4 Å². The van der Waals surface area contributed by atoms with E-state index in [0.717, 1.165) is 30.8 Å². The number of carbonyl (C=O) groups excluding carboxylic acids is 1. The summed E-state index contributed by atoms with van der Waals surface area (Å²) in [5.74, 6) is 3.14. The zero-order valence-corrected chi connectivity index (χ0v) is 14.0. The highest BCUT2D eigenvalue weighted by molar-refractivity contribution is 5.85. The van der Waals surface area contributed by atoms with Gasteiger partial charge < -0.3 is 10.2 Å². The monoisotopic (exact) mass is 312 g/mol. The van der Waals surface area contributed by atoms with Crippen LogP contribution in [0.4, 0.5) is 0 Å². The molecule has 1 atom stereocenters. The molecule has 1 heterocycles. The SMILES string of the molecule is CNC1CCCN(C(=O)C23CC4CC(CC(C4)C2)C3)C1.Cl. The van der Waals surface area contributed by atoms with Gasteiger partial charge in [0.1, 0.15) is 0 Å². The molecule has 1 aliphatic heterocycles. The molecule has 0 aromatic carbocycles. The summed E-state index contributed by atoms with van der Waals surface area (Å²) in [6, 6.07) is 0.515. The van der Waals surface area contributed by atoms with Gasteiger partial charge in [-0.05, 0) is 76.2 Å². The molecule has 21 heavy (non-hydrogen) atoms. The van der Waals surface area contributed by atoms with Gasteiger partial charge in [-0.2, -0.15) is 0 Å². The van der Waals surface area contributed by atoms with Crippen molar-refractivity contribution in [3.05, 3.63) is 0 Å². The summed E-state index contributed by atoms with van der Waals surface area (Å²) >= 11 is 0. The Kier molecular flexibility index (Phi) is 4.26. The molecule has 5 aliphatic rings. The number of halogens is 1. The van der Waals surface area contributed by atoms with E-state index >= 15 is 0 Å². The third kappa shape index (κ3) is 2.61. The van der Waals surface area contributed by atoms with Crippen molar-refractivity contribution in [3.8, 4) is 0 Å². The number of piperidine rings is 1. The fourth-order valence-electron chi connectivity index (χ4n) is 6.11. The lowest BCUT2D eigenvalue weighted by Crippen LogP contribution is -2.57. The molecule has 4 saturated carbocycles. The number of carbonyl (C=O) groups is 1. The first-order valence-corrected chi connectivity index (χ1v) is 8.65. The highest BCUT2D eigenvalue weighted by atomic mass is 35.5. The lowest BCUT2D eigenvalue weighted by Gasteiger charge is -2.57. The highest BCUT2D eigenvalue weighted by Crippen LogP contribution is 2.60. The van der Waals surface area contributed by atoms with Gasteiger partial charge in [0.15, 0.2) is 0 Å². The Hall–Kier alpha value is -0.280. The number of likely N-dealkylation sites (N-methyl/N-ethyl adjacent to an activating group) is 1. The molecule has 1 amide bonds. The molecule has 5 rings (SSSR count). The van der Waals surface area contributed by atoms with Crippen LogP contribution in [-0.2, 0) is 4.79 Å². The molecule has 4 bridgehead atoms. The summed E-state index contributed by atoms with van der Waals surface area (Å²) in [4.78, 5) is 15.4. The number of hydrogen-bond donors (Lipinski definition) is 1. The molecular weight excluding hydrogens is 284 g/mol. The maximum atomic E-state index is 13.2. The van der Waals surface area contributed by atoms with Crippen LogP contribution >= 0.6 is 12.4 Å². The molecule has 0 aromatic heterocycles. The van der Waals surface area contributed by atoms with Crippen molar-refractivity contribution in [1.29, 1.82) is 0 Å². The van der Waals surface area contributed by atoms with Gasteiger partial charge in [-0.3, -0.25) is 4.79 Å². The first-order chi connectivity index (χ1) is 9.68. The van der Waals surface area contributed by atoms with E-state index in [4.69, 9.17) is 0 Å². The molecular formula is C17H29ClN2O. The van der Waals surface area contributed by atoms with Crippen LogP contribution < -0.4 is 5.32 Å². The minimum atomic E-state index is 0. The van der Waals surface area contributed by atoms with Gasteiger partial charge >= 0.3 is 0 Å². The van der Waals surface area contributed by atoms with Gasteiger partial charge in [-0.1, -0.05) is 0 Å². The fraction of sp³-hybridized carbons (Fsp3) is 0.941. The second-order valence-corrected chi connectivity index (χ2v) is 8.08. The number of likely N-dealkylation sites (tertiary alicyclic amines) is 1. The molecule has 4 heteroatoms. The molecule has 1 N–H and O–H groups in total. The van der Waals surface area contributed by atoms with Crippen molar-refractivity contribution in [1.82, 2.24) is 10.2 Å². The Balaban J connectivity index is 0.00000132. The van der Waals surface area contributed by atoms with Crippen LogP contribution in [0.25, 0.3) is 0 Å². The predicted octanol–water partition coefficient (Wildman–Crippen LogP) is 2.84. The zero-order valence-electron chi connectivity index (χ0n) is 13.1. The molecule has 1 unspecified atom stereocenters. The minimum absolute atomic E-state index is 0. The largest absolute Gasteiger partial charge is 0.341 e. The van der Waals surface area contributed by atoms with Crippen molar-refractivity contribution in [3.63, 3.8) is 0 Å². The van der Waals surface area contributed by atoms with Gasteiger partial charge in [-0.25, -0.2) is 0 Å². The summed E-state index contributed by atoms with van der Waals surface area (Å²) in [5.41, 5.74) is 0.0599. The van der Waals surface area contributed by atoms with E-state index in [2.05, 4.69) is 10.2 Å². The quantitative estimate of drug-likeness (QED) is 0.850. The summed E-state index contributed by atoms with van der Waals surface area (Å²) in [7, 11) is 2.03. The molecule has 3 nitrogen and oxygen atoms in total. The first-order valence-electron chi connectivity index (χ1n) is 8.65. The standard InChI is InChI=1S/C17H28N2O.ClH/c1-18-15-3-2-4-19(11-15)16(20)17-8-12-5-13(9-17)7-14(6-12)10-17;/h12-15,18H,2-11H2,1H3;1H. The molecule has 0 radical (unpaired) electrons. The summed E-state index contributed by atoms with van der Waals surface area (Å²) in [6.45, 7) is 1.94. The average Bonchev–Trinajstić information content (AvgIpc) is 2.45. The van der Waals surface area contributed by atoms with E-state index in [9.17, 15) is 4.79 Å². The van der Waals surface area contributed by atoms with Crippen LogP contribution in [0.5, 0.6) is 0 Å². The normalized spacial score (nSPS) is 44.5. The van der Waals surface area contributed by atoms with Crippen LogP contribution in [0.15, 0.2) is 0 Å². The van der Waals surface area contributed by atoms with Gasteiger partial charge in [0, 0.05) is 19.1 Å². The van der Waals surface area contributed by atoms with Gasteiger partial charge in [0.25, 0.3) is 0 Å². The second kappa shape index (κ2) is 5.73. The maximum absolute atomic E-state index is 13.2. The highest BCUT2D eigenvalue weighted by Gasteiger charge is 2.55. The van der Waals surface area contributed by atoms with Crippen LogP contribution in [-0.4, -0.2) is 37.0 Å². The van der Waals surface area contributed by atoms with E-state index in [1.165, 1.54) is 51.4 Å². The minimum Gasteiger partial charge on any atom is -0.341 e. The van der Waals surface area contributed by atoms with Gasteiger partial charge in [0.2, 0.25) is 5.91 Å². The predicted molar refractivity (Wildman–Crippen MR) is 86.5 cm³/mol. The Morgan fingerprint density at radius 3 is 2.19 bits per heavy atom. The number of rotatable bonds is 2. The molecule has 1 saturated heterocycles. The van der Waals surface area contributed by atoms with Crippen molar-refractivity contribution >= 4 is 18.3 Å². The number of hydrogen-bond acceptors (Lipinski definition) is 2. The van der Waals surface area contributed by atoms with Crippen molar-refractivity contribution in [2.45, 2.75) is 57.4 Å². The number of amides is 1. The zero-order chi connectivity index (χ0) is 13.7. The van der Waals surface area contributed by atoms with Gasteiger partial charge in [0.05, 0.1) is 5.41 Å². The van der Waals surface area contributed by atoms with E-state index in [0.29, 0.717) is 11.9 Å². The first kappa shape index (κ1) is 15.6. The summed E-state index contributed by atoms with van der Waals surface area (Å²) in [6.07, 6.45) is 10.3. The summed E-state index contributed by atoms with van der Waals surface area (Å²) in [5, 5.41) is 3.37. The van der Waals surface area contributed by atoms with Crippen molar-refractivity contribution in [2.24, 2.45) is 23.2 Å². The Labute approximate surface area is 134 Å². The molecule has 0 spiro atoms. The third-order valence-corrected chi connectivity index (χ3v) is 6.61. The smallest absolute Gasteiger partial charge is 0.228 e. The lowest BCUT2D eigenvalue weighted by molar-refractivity contribution is -0.159. The van der Waals surface area contributed by atoms with Crippen molar-refractivity contribution < 1.29 is 4.79 Å².